The van der Waals surface area contributed by atoms with Crippen molar-refractivity contribution in [2.24, 2.45) is 0 Å². The average Bonchev–Trinajstić information content (AvgIpc) is 2.85. The summed E-state index contributed by atoms with van der Waals surface area (Å²) in [6, 6.07) is 0. The topological polar surface area (TPSA) is 202 Å². The molecule has 2 heterocycles. The summed E-state index contributed by atoms with van der Waals surface area (Å²) in [7, 11) is 0. The van der Waals surface area contributed by atoms with Gasteiger partial charge in [0, 0.05) is 11.1 Å². The molecule has 0 aromatic heterocycles. The molecule has 0 amide bonds. The molecule has 35 heavy (non-hydrogen) atoms. The molecular weight excluding hydrogens is 472 g/mol. The minimum atomic E-state index is -1.81. The number of aliphatic hydroxyl groups is 6. The van der Waals surface area contributed by atoms with Gasteiger partial charge in [0.05, 0.1) is 13.2 Å². The van der Waals surface area contributed by atoms with Gasteiger partial charge in [-0.05, 0) is 27.7 Å². The maximum atomic E-state index is 12.3. The van der Waals surface area contributed by atoms with E-state index in [4.69, 9.17) is 23.7 Å². The molecule has 13 heteroatoms. The second-order valence-electron chi connectivity index (χ2n) is 8.23. The molecule has 0 aromatic rings. The van der Waals surface area contributed by atoms with E-state index in [9.17, 15) is 40.2 Å². The summed E-state index contributed by atoms with van der Waals surface area (Å²) in [4.78, 5) is 24.5. The summed E-state index contributed by atoms with van der Waals surface area (Å²) >= 11 is 0. The molecule has 2 saturated heterocycles. The van der Waals surface area contributed by atoms with Gasteiger partial charge in [0.25, 0.3) is 0 Å². The molecule has 0 bridgehead atoms. The van der Waals surface area contributed by atoms with Crippen LogP contribution >= 0.6 is 0 Å². The summed E-state index contributed by atoms with van der Waals surface area (Å²) in [5.41, 5.74) is 0.372. The first-order valence-electron chi connectivity index (χ1n) is 11.1. The van der Waals surface area contributed by atoms with Crippen LogP contribution in [0.5, 0.6) is 0 Å². The predicted molar refractivity (Wildman–Crippen MR) is 115 cm³/mol. The normalized spacial score (nSPS) is 38.7. The van der Waals surface area contributed by atoms with Crippen LogP contribution in [-0.2, 0) is 33.3 Å². The second kappa shape index (κ2) is 12.9. The first-order valence-corrected chi connectivity index (χ1v) is 11.1. The molecule has 2 rings (SSSR count). The summed E-state index contributed by atoms with van der Waals surface area (Å²) in [6.45, 7) is 4.61. The predicted octanol–water partition coefficient (Wildman–Crippen LogP) is -2.36. The zero-order valence-electron chi connectivity index (χ0n) is 19.9. The van der Waals surface area contributed by atoms with Gasteiger partial charge < -0.3 is 54.3 Å². The molecule has 0 saturated carbocycles. The van der Waals surface area contributed by atoms with Crippen molar-refractivity contribution in [2.45, 2.75) is 89.1 Å². The quantitative estimate of drug-likeness (QED) is 0.151. The van der Waals surface area contributed by atoms with Gasteiger partial charge >= 0.3 is 11.9 Å². The Labute approximate surface area is 202 Å². The summed E-state index contributed by atoms with van der Waals surface area (Å²) in [5, 5.41) is 61.1. The van der Waals surface area contributed by atoms with E-state index in [1.165, 1.54) is 26.0 Å². The van der Waals surface area contributed by atoms with E-state index in [2.05, 4.69) is 0 Å². The van der Waals surface area contributed by atoms with Gasteiger partial charge in [-0.2, -0.15) is 0 Å². The lowest BCUT2D eigenvalue weighted by molar-refractivity contribution is -0.376. The number of ether oxygens (including phenoxy) is 5. The molecule has 2 aliphatic rings. The van der Waals surface area contributed by atoms with Crippen LogP contribution in [0.2, 0.25) is 0 Å². The smallest absolute Gasteiger partial charge is 0.333 e. The number of allylic oxidation sites excluding steroid dienone is 2. The number of carbonyl (C=O) groups excluding carboxylic acids is 2. The van der Waals surface area contributed by atoms with Crippen LogP contribution in [0.4, 0.5) is 0 Å². The van der Waals surface area contributed by atoms with E-state index in [-0.39, 0.29) is 11.1 Å². The first kappa shape index (κ1) is 29.3. The second-order valence-corrected chi connectivity index (χ2v) is 8.23. The zero-order valence-corrected chi connectivity index (χ0v) is 19.9. The molecule has 0 aromatic carbocycles. The molecule has 10 atom stereocenters. The van der Waals surface area contributed by atoms with Crippen LogP contribution in [0.1, 0.15) is 27.7 Å². The van der Waals surface area contributed by atoms with Crippen molar-refractivity contribution in [1.29, 1.82) is 0 Å². The van der Waals surface area contributed by atoms with Crippen LogP contribution in [0, 0.1) is 0 Å². The number of carbonyl (C=O) groups is 2. The number of hydrogen-bond acceptors (Lipinski definition) is 13. The van der Waals surface area contributed by atoms with Gasteiger partial charge in [0.1, 0.15) is 36.6 Å². The first-order chi connectivity index (χ1) is 16.5. The lowest BCUT2D eigenvalue weighted by Gasteiger charge is -2.45. The number of aliphatic hydroxyl groups excluding tert-OH is 6. The van der Waals surface area contributed by atoms with Crippen LogP contribution in [-0.4, -0.2) is 117 Å². The van der Waals surface area contributed by atoms with E-state index < -0.39 is 86.6 Å². The van der Waals surface area contributed by atoms with Crippen molar-refractivity contribution in [1.82, 2.24) is 0 Å². The van der Waals surface area contributed by atoms with Gasteiger partial charge in [0.15, 0.2) is 18.5 Å². The summed E-state index contributed by atoms with van der Waals surface area (Å²) in [5.74, 6) is -1.69. The molecular formula is C22H34O13. The fourth-order valence-corrected chi connectivity index (χ4v) is 3.40. The van der Waals surface area contributed by atoms with E-state index in [1.54, 1.807) is 13.8 Å². The average molecular weight is 507 g/mol. The zero-order chi connectivity index (χ0) is 26.4. The van der Waals surface area contributed by atoms with E-state index in [0.29, 0.717) is 0 Å². The van der Waals surface area contributed by atoms with Crippen LogP contribution < -0.4 is 0 Å². The fourth-order valence-electron chi connectivity index (χ4n) is 3.40. The highest BCUT2D eigenvalue weighted by Gasteiger charge is 2.52. The molecule has 2 aliphatic heterocycles. The minimum absolute atomic E-state index is 0.179. The Kier molecular flexibility index (Phi) is 10.8. The molecule has 200 valence electrons. The Bertz CT molecular complexity index is 796. The number of rotatable bonds is 8. The van der Waals surface area contributed by atoms with E-state index in [0.717, 1.165) is 0 Å². The maximum absolute atomic E-state index is 12.3. The van der Waals surface area contributed by atoms with Crippen molar-refractivity contribution in [3.63, 3.8) is 0 Å². The lowest BCUT2D eigenvalue weighted by atomic mass is 9.97. The highest BCUT2D eigenvalue weighted by Crippen LogP contribution is 2.31. The SMILES string of the molecule is C/C=C(/C)C(=O)O[C@@H]1[C@@H](O)[C@@H](O[C@H]2O[C@H](CO)[C@@H](O)[C@H](O)[C@H]2OC(=O)/C(C)=C\C)O[C@H](CO)[C@H]1O. The molecule has 2 fully saturated rings. The molecule has 0 unspecified atom stereocenters. The van der Waals surface area contributed by atoms with E-state index >= 15 is 0 Å². The summed E-state index contributed by atoms with van der Waals surface area (Å²) < 4.78 is 26.9. The number of esters is 2. The highest BCUT2D eigenvalue weighted by molar-refractivity contribution is 5.88. The van der Waals surface area contributed by atoms with Crippen molar-refractivity contribution >= 4 is 11.9 Å². The third-order valence-electron chi connectivity index (χ3n) is 5.91. The largest absolute Gasteiger partial charge is 0.453 e. The Hall–Kier alpha value is -1.94. The Balaban J connectivity index is 2.31. The van der Waals surface area contributed by atoms with Crippen LogP contribution in [0.15, 0.2) is 23.3 Å². The minimum Gasteiger partial charge on any atom is -0.453 e. The Morgan fingerprint density at radius 3 is 1.66 bits per heavy atom. The van der Waals surface area contributed by atoms with Gasteiger partial charge in [-0.1, -0.05) is 12.2 Å². The lowest BCUT2D eigenvalue weighted by Crippen LogP contribution is -2.65. The van der Waals surface area contributed by atoms with Crippen molar-refractivity contribution in [3.8, 4) is 0 Å². The monoisotopic (exact) mass is 506 g/mol. The number of hydrogen-bond donors (Lipinski definition) is 6. The van der Waals surface area contributed by atoms with Gasteiger partial charge in [-0.25, -0.2) is 9.59 Å². The van der Waals surface area contributed by atoms with Crippen molar-refractivity contribution in [3.05, 3.63) is 23.3 Å². The molecule has 6 N–H and O–H groups in total. The molecule has 13 nitrogen and oxygen atoms in total. The third kappa shape index (κ3) is 6.64. The van der Waals surface area contributed by atoms with Gasteiger partial charge in [-0.3, -0.25) is 0 Å². The molecule has 0 aliphatic carbocycles. The Morgan fingerprint density at radius 1 is 0.714 bits per heavy atom. The molecule has 0 radical (unpaired) electrons. The Morgan fingerprint density at radius 2 is 1.17 bits per heavy atom. The van der Waals surface area contributed by atoms with Gasteiger partial charge in [-0.15, -0.1) is 0 Å². The maximum Gasteiger partial charge on any atom is 0.333 e. The fraction of sp³-hybridized carbons (Fsp3) is 0.727. The van der Waals surface area contributed by atoms with Crippen LogP contribution in [0.25, 0.3) is 0 Å². The standard InChI is InChI=1S/C22H34O13/c1-5-9(3)19(29)33-17-14(26)12(8-24)31-21(16(17)28)35-22-18(34-20(30)10(4)6-2)15(27)13(25)11(7-23)32-22/h5-6,11-18,21-28H,7-8H2,1-4H3/b9-5-,10-6-/t11-,12-,13-,14-,15+,16-,17+,18-,21-,22-/m1/s1. The molecule has 0 spiro atoms. The van der Waals surface area contributed by atoms with Gasteiger partial charge in [0.2, 0.25) is 6.29 Å². The van der Waals surface area contributed by atoms with Crippen LogP contribution in [0.3, 0.4) is 0 Å². The van der Waals surface area contributed by atoms with E-state index in [1.807, 2.05) is 0 Å². The highest BCUT2D eigenvalue weighted by atomic mass is 16.8. The van der Waals surface area contributed by atoms with Crippen molar-refractivity contribution in [2.75, 3.05) is 13.2 Å². The summed E-state index contributed by atoms with van der Waals surface area (Å²) in [6.07, 6.45) is -13.2. The van der Waals surface area contributed by atoms with Crippen molar-refractivity contribution < 1.29 is 63.9 Å². The third-order valence-corrected chi connectivity index (χ3v) is 5.91.